The molecule has 2 fully saturated rings. The average Bonchev–Trinajstić information content (AvgIpc) is 2.89. The van der Waals surface area contributed by atoms with Gasteiger partial charge >= 0.3 is 0 Å². The Bertz CT molecular complexity index is 348. The molecule has 86 valence electrons. The van der Waals surface area contributed by atoms with Gasteiger partial charge in [0.05, 0.1) is 0 Å². The molecule has 2 heterocycles. The Morgan fingerprint density at radius 2 is 2.00 bits per heavy atom. The molecule has 0 spiro atoms. The van der Waals surface area contributed by atoms with Gasteiger partial charge in [0.2, 0.25) is 0 Å². The quantitative estimate of drug-likeness (QED) is 0.821. The Balaban J connectivity index is 1.73. The summed E-state index contributed by atoms with van der Waals surface area (Å²) in [5.74, 6) is 2.98. The van der Waals surface area contributed by atoms with Gasteiger partial charge in [0, 0.05) is 25.8 Å². The highest BCUT2D eigenvalue weighted by Crippen LogP contribution is 2.38. The zero-order chi connectivity index (χ0) is 11.0. The van der Waals surface area contributed by atoms with Gasteiger partial charge < -0.3 is 10.6 Å². The van der Waals surface area contributed by atoms with Gasteiger partial charge in [-0.2, -0.15) is 0 Å². The lowest BCUT2D eigenvalue weighted by Crippen LogP contribution is -2.21. The van der Waals surface area contributed by atoms with E-state index in [1.807, 2.05) is 6.20 Å². The smallest absolute Gasteiger partial charge is 0.128 e. The Hall–Kier alpha value is -1.09. The minimum absolute atomic E-state index is 0.582. The van der Waals surface area contributed by atoms with Gasteiger partial charge in [-0.05, 0) is 36.3 Å². The summed E-state index contributed by atoms with van der Waals surface area (Å²) in [6.07, 6.45) is 6.18. The molecule has 1 aromatic heterocycles. The summed E-state index contributed by atoms with van der Waals surface area (Å²) in [6, 6.07) is 4.21. The van der Waals surface area contributed by atoms with Crippen molar-refractivity contribution in [1.29, 1.82) is 0 Å². The summed E-state index contributed by atoms with van der Waals surface area (Å²) >= 11 is 0. The average molecular weight is 217 g/mol. The van der Waals surface area contributed by atoms with E-state index in [1.54, 1.807) is 0 Å². The van der Waals surface area contributed by atoms with Crippen molar-refractivity contribution in [2.75, 3.05) is 18.0 Å². The fourth-order valence-corrected chi connectivity index (χ4v) is 3.15. The summed E-state index contributed by atoms with van der Waals surface area (Å²) in [4.78, 5) is 6.94. The first-order valence-corrected chi connectivity index (χ1v) is 6.27. The van der Waals surface area contributed by atoms with Gasteiger partial charge in [-0.3, -0.25) is 0 Å². The SMILES string of the molecule is NCc1ccc(N2CC3CCCC3C2)nc1. The molecule has 0 radical (unpaired) electrons. The van der Waals surface area contributed by atoms with Crippen LogP contribution in [0.15, 0.2) is 18.3 Å². The number of nitrogens with two attached hydrogens (primary N) is 1. The molecule has 1 aromatic rings. The zero-order valence-electron chi connectivity index (χ0n) is 9.60. The Kier molecular flexibility index (Phi) is 2.56. The van der Waals surface area contributed by atoms with Crippen LogP contribution in [0.3, 0.4) is 0 Å². The van der Waals surface area contributed by atoms with Gasteiger partial charge in [-0.25, -0.2) is 4.98 Å². The summed E-state index contributed by atoms with van der Waals surface area (Å²) in [5.41, 5.74) is 6.69. The van der Waals surface area contributed by atoms with Crippen LogP contribution in [-0.4, -0.2) is 18.1 Å². The number of hydrogen-bond acceptors (Lipinski definition) is 3. The minimum atomic E-state index is 0.582. The molecule has 3 rings (SSSR count). The molecule has 0 amide bonds. The number of aromatic nitrogens is 1. The summed E-state index contributed by atoms with van der Waals surface area (Å²) in [5, 5.41) is 0. The van der Waals surface area contributed by atoms with E-state index in [-0.39, 0.29) is 0 Å². The standard InChI is InChI=1S/C13H19N3/c14-6-10-4-5-13(15-7-10)16-8-11-2-1-3-12(11)9-16/h4-5,7,11-12H,1-3,6,8-9,14H2. The van der Waals surface area contributed by atoms with E-state index in [4.69, 9.17) is 5.73 Å². The molecule has 1 saturated heterocycles. The molecule has 2 N–H and O–H groups in total. The van der Waals surface area contributed by atoms with Crippen LogP contribution in [0.25, 0.3) is 0 Å². The molecular weight excluding hydrogens is 198 g/mol. The number of pyridine rings is 1. The molecule has 2 unspecified atom stereocenters. The number of hydrogen-bond donors (Lipinski definition) is 1. The van der Waals surface area contributed by atoms with Crippen molar-refractivity contribution >= 4 is 5.82 Å². The second-order valence-corrected chi connectivity index (χ2v) is 5.08. The molecule has 1 saturated carbocycles. The third kappa shape index (κ3) is 1.69. The van der Waals surface area contributed by atoms with E-state index in [1.165, 1.54) is 32.4 Å². The van der Waals surface area contributed by atoms with Crippen LogP contribution in [-0.2, 0) is 6.54 Å². The predicted octanol–water partition coefficient (Wildman–Crippen LogP) is 1.78. The monoisotopic (exact) mass is 217 g/mol. The molecule has 0 bridgehead atoms. The van der Waals surface area contributed by atoms with Crippen molar-refractivity contribution in [3.05, 3.63) is 23.9 Å². The van der Waals surface area contributed by atoms with Crippen molar-refractivity contribution < 1.29 is 0 Å². The van der Waals surface area contributed by atoms with Crippen molar-refractivity contribution in [2.45, 2.75) is 25.8 Å². The molecule has 2 atom stereocenters. The molecular formula is C13H19N3. The van der Waals surface area contributed by atoms with Crippen LogP contribution < -0.4 is 10.6 Å². The maximum absolute atomic E-state index is 5.57. The van der Waals surface area contributed by atoms with Gasteiger partial charge in [0.25, 0.3) is 0 Å². The fraction of sp³-hybridized carbons (Fsp3) is 0.615. The number of rotatable bonds is 2. The van der Waals surface area contributed by atoms with E-state index in [0.717, 1.165) is 23.2 Å². The lowest BCUT2D eigenvalue weighted by Gasteiger charge is -2.18. The number of anilines is 1. The van der Waals surface area contributed by atoms with Crippen LogP contribution >= 0.6 is 0 Å². The molecule has 0 aromatic carbocycles. The normalized spacial score (nSPS) is 28.4. The topological polar surface area (TPSA) is 42.1 Å². The van der Waals surface area contributed by atoms with Crippen LogP contribution in [0, 0.1) is 11.8 Å². The first-order chi connectivity index (χ1) is 7.86. The van der Waals surface area contributed by atoms with Crippen LogP contribution in [0.4, 0.5) is 5.82 Å². The Morgan fingerprint density at radius 3 is 2.56 bits per heavy atom. The molecule has 3 heteroatoms. The summed E-state index contributed by atoms with van der Waals surface area (Å²) in [6.45, 7) is 3.00. The molecule has 2 aliphatic rings. The van der Waals surface area contributed by atoms with Gasteiger partial charge in [0.15, 0.2) is 0 Å². The van der Waals surface area contributed by atoms with Crippen LogP contribution in [0.2, 0.25) is 0 Å². The second-order valence-electron chi connectivity index (χ2n) is 5.08. The fourth-order valence-electron chi connectivity index (χ4n) is 3.15. The number of fused-ring (bicyclic) bond motifs is 1. The lowest BCUT2D eigenvalue weighted by atomic mass is 10.0. The highest BCUT2D eigenvalue weighted by atomic mass is 15.2. The van der Waals surface area contributed by atoms with Gasteiger partial charge in [-0.1, -0.05) is 12.5 Å². The molecule has 1 aliphatic heterocycles. The Labute approximate surface area is 96.7 Å². The van der Waals surface area contributed by atoms with E-state index in [0.29, 0.717) is 6.54 Å². The largest absolute Gasteiger partial charge is 0.356 e. The first-order valence-electron chi connectivity index (χ1n) is 6.27. The Morgan fingerprint density at radius 1 is 1.25 bits per heavy atom. The van der Waals surface area contributed by atoms with E-state index >= 15 is 0 Å². The van der Waals surface area contributed by atoms with Crippen molar-refractivity contribution in [1.82, 2.24) is 4.98 Å². The predicted molar refractivity (Wildman–Crippen MR) is 65.2 cm³/mol. The highest BCUT2D eigenvalue weighted by Gasteiger charge is 2.36. The summed E-state index contributed by atoms with van der Waals surface area (Å²) < 4.78 is 0. The lowest BCUT2D eigenvalue weighted by molar-refractivity contribution is 0.494. The van der Waals surface area contributed by atoms with Crippen molar-refractivity contribution in [3.63, 3.8) is 0 Å². The summed E-state index contributed by atoms with van der Waals surface area (Å²) in [7, 11) is 0. The third-order valence-corrected chi connectivity index (χ3v) is 4.10. The van der Waals surface area contributed by atoms with Gasteiger partial charge in [-0.15, -0.1) is 0 Å². The van der Waals surface area contributed by atoms with E-state index < -0.39 is 0 Å². The highest BCUT2D eigenvalue weighted by molar-refractivity contribution is 5.41. The second kappa shape index (κ2) is 4.06. The van der Waals surface area contributed by atoms with Crippen LogP contribution in [0.1, 0.15) is 24.8 Å². The molecule has 1 aliphatic carbocycles. The maximum atomic E-state index is 5.57. The molecule has 3 nitrogen and oxygen atoms in total. The maximum Gasteiger partial charge on any atom is 0.128 e. The van der Waals surface area contributed by atoms with E-state index in [2.05, 4.69) is 22.0 Å². The van der Waals surface area contributed by atoms with Gasteiger partial charge in [0.1, 0.15) is 5.82 Å². The van der Waals surface area contributed by atoms with E-state index in [9.17, 15) is 0 Å². The van der Waals surface area contributed by atoms with Crippen molar-refractivity contribution in [3.8, 4) is 0 Å². The number of nitrogens with zero attached hydrogens (tertiary/aromatic N) is 2. The molecule has 16 heavy (non-hydrogen) atoms. The van der Waals surface area contributed by atoms with Crippen LogP contribution in [0.5, 0.6) is 0 Å². The first kappa shape index (κ1) is 10.1. The minimum Gasteiger partial charge on any atom is -0.356 e. The third-order valence-electron chi connectivity index (χ3n) is 4.10. The zero-order valence-corrected chi connectivity index (χ0v) is 9.60. The van der Waals surface area contributed by atoms with Crippen molar-refractivity contribution in [2.24, 2.45) is 17.6 Å².